The summed E-state index contributed by atoms with van der Waals surface area (Å²) < 4.78 is 47.5. The van der Waals surface area contributed by atoms with Crippen molar-refractivity contribution < 1.29 is 47.9 Å². The lowest BCUT2D eigenvalue weighted by atomic mass is 9.89. The summed E-state index contributed by atoms with van der Waals surface area (Å²) >= 11 is 0. The highest BCUT2D eigenvalue weighted by molar-refractivity contribution is 6.01. The van der Waals surface area contributed by atoms with Crippen molar-refractivity contribution in [1.82, 2.24) is 10.6 Å². The molecular formula is C24H27F3N2O7. The molecule has 0 aromatic heterocycles. The van der Waals surface area contributed by atoms with Gasteiger partial charge in [0.1, 0.15) is 24.4 Å². The van der Waals surface area contributed by atoms with Crippen LogP contribution in [-0.4, -0.2) is 83.5 Å². The van der Waals surface area contributed by atoms with Crippen LogP contribution in [0.5, 0.6) is 0 Å². The molecule has 6 N–H and O–H groups in total. The topological polar surface area (TPSA) is 148 Å². The standard InChI is InChI=1S/C24H27F3N2O7/c1-28-22(34)14-5-13(6-15(7-14)23(35)29-2)11-3-4-12(16(8-11)24(25,26)27)9-17-19(31)21(33)20(32)18(10-30)36-17/h3-8,17-21,30-33H,9-10H2,1-2H3,(H,28,34)(H,29,35). The first-order valence-corrected chi connectivity index (χ1v) is 11.0. The Hall–Kier alpha value is -3.03. The van der Waals surface area contributed by atoms with E-state index in [4.69, 9.17) is 4.74 Å². The zero-order chi connectivity index (χ0) is 26.8. The Bertz CT molecular complexity index is 1090. The summed E-state index contributed by atoms with van der Waals surface area (Å²) in [6.07, 6.45) is -12.9. The monoisotopic (exact) mass is 512 g/mol. The summed E-state index contributed by atoms with van der Waals surface area (Å²) in [7, 11) is 2.76. The van der Waals surface area contributed by atoms with Crippen LogP contribution >= 0.6 is 0 Å². The Kier molecular flexibility index (Phi) is 8.37. The van der Waals surface area contributed by atoms with Gasteiger partial charge in [0.15, 0.2) is 0 Å². The molecule has 2 aromatic carbocycles. The second-order valence-electron chi connectivity index (χ2n) is 8.40. The van der Waals surface area contributed by atoms with Crippen molar-refractivity contribution in [3.63, 3.8) is 0 Å². The maximum atomic E-state index is 14.0. The summed E-state index contributed by atoms with van der Waals surface area (Å²) in [5, 5.41) is 44.3. The smallest absolute Gasteiger partial charge is 0.394 e. The molecule has 0 saturated carbocycles. The molecule has 5 atom stereocenters. The van der Waals surface area contributed by atoms with Crippen molar-refractivity contribution in [2.75, 3.05) is 20.7 Å². The molecule has 0 bridgehead atoms. The van der Waals surface area contributed by atoms with Crippen LogP contribution in [0.25, 0.3) is 11.1 Å². The van der Waals surface area contributed by atoms with Crippen molar-refractivity contribution >= 4 is 11.8 Å². The van der Waals surface area contributed by atoms with E-state index in [1.54, 1.807) is 0 Å². The average molecular weight is 512 g/mol. The Morgan fingerprint density at radius 2 is 1.42 bits per heavy atom. The minimum Gasteiger partial charge on any atom is -0.394 e. The number of benzene rings is 2. The molecule has 12 heteroatoms. The molecule has 1 aliphatic rings. The lowest BCUT2D eigenvalue weighted by Gasteiger charge is -2.40. The van der Waals surface area contributed by atoms with E-state index in [1.807, 2.05) is 0 Å². The molecule has 1 saturated heterocycles. The number of aliphatic hydroxyl groups excluding tert-OH is 4. The number of carbonyl (C=O) groups is 2. The number of nitrogens with one attached hydrogen (secondary N) is 2. The van der Waals surface area contributed by atoms with Crippen molar-refractivity contribution in [3.8, 4) is 11.1 Å². The lowest BCUT2D eigenvalue weighted by molar-refractivity contribution is -0.228. The van der Waals surface area contributed by atoms with E-state index in [0.29, 0.717) is 0 Å². The second-order valence-corrected chi connectivity index (χ2v) is 8.40. The molecule has 1 fully saturated rings. The zero-order valence-corrected chi connectivity index (χ0v) is 19.4. The number of hydrogen-bond donors (Lipinski definition) is 6. The number of rotatable bonds is 6. The third-order valence-corrected chi connectivity index (χ3v) is 6.07. The fourth-order valence-corrected chi connectivity index (χ4v) is 4.11. The van der Waals surface area contributed by atoms with E-state index in [9.17, 15) is 43.2 Å². The molecule has 2 amide bonds. The minimum absolute atomic E-state index is 0.0764. The van der Waals surface area contributed by atoms with E-state index in [2.05, 4.69) is 10.6 Å². The fraction of sp³-hybridized carbons (Fsp3) is 0.417. The number of ether oxygens (including phenoxy) is 1. The van der Waals surface area contributed by atoms with Gasteiger partial charge in [-0.05, 0) is 41.0 Å². The van der Waals surface area contributed by atoms with Crippen molar-refractivity contribution in [2.45, 2.75) is 43.1 Å². The number of aliphatic hydroxyl groups is 4. The van der Waals surface area contributed by atoms with Crippen LogP contribution < -0.4 is 10.6 Å². The normalized spacial score (nSPS) is 24.3. The Balaban J connectivity index is 2.05. The summed E-state index contributed by atoms with van der Waals surface area (Å²) in [6.45, 7) is -0.706. The number of carbonyl (C=O) groups excluding carboxylic acids is 2. The minimum atomic E-state index is -4.82. The highest BCUT2D eigenvalue weighted by Gasteiger charge is 2.44. The molecule has 2 aromatic rings. The molecule has 0 radical (unpaired) electrons. The molecule has 3 rings (SSSR count). The molecule has 196 valence electrons. The predicted octanol–water partition coefficient (Wildman–Crippen LogP) is 0.476. The number of amides is 2. The number of halogens is 3. The molecule has 0 aliphatic carbocycles. The first-order valence-electron chi connectivity index (χ1n) is 11.0. The fourth-order valence-electron chi connectivity index (χ4n) is 4.11. The van der Waals surface area contributed by atoms with Crippen LogP contribution in [0.3, 0.4) is 0 Å². The maximum absolute atomic E-state index is 14.0. The van der Waals surface area contributed by atoms with Crippen LogP contribution in [0.15, 0.2) is 36.4 Å². The Morgan fingerprint density at radius 1 is 0.861 bits per heavy atom. The second kappa shape index (κ2) is 10.9. The summed E-state index contributed by atoms with van der Waals surface area (Å²) in [5.74, 6) is -1.06. The van der Waals surface area contributed by atoms with E-state index in [0.717, 1.165) is 6.07 Å². The van der Waals surface area contributed by atoms with E-state index in [-0.39, 0.29) is 27.8 Å². The van der Waals surface area contributed by atoms with Gasteiger partial charge in [0.25, 0.3) is 11.8 Å². The molecule has 1 aliphatic heterocycles. The van der Waals surface area contributed by atoms with E-state index >= 15 is 0 Å². The molecule has 9 nitrogen and oxygen atoms in total. The van der Waals surface area contributed by atoms with Gasteiger partial charge in [-0.25, -0.2) is 0 Å². The van der Waals surface area contributed by atoms with Gasteiger partial charge < -0.3 is 35.8 Å². The largest absolute Gasteiger partial charge is 0.416 e. The van der Waals surface area contributed by atoms with Crippen LogP contribution in [0.4, 0.5) is 13.2 Å². The van der Waals surface area contributed by atoms with Gasteiger partial charge in [0.05, 0.1) is 18.3 Å². The average Bonchev–Trinajstić information content (AvgIpc) is 2.87. The highest BCUT2D eigenvalue weighted by atomic mass is 19.4. The molecule has 0 spiro atoms. The Morgan fingerprint density at radius 3 is 1.92 bits per heavy atom. The van der Waals surface area contributed by atoms with Gasteiger partial charge in [0, 0.05) is 31.6 Å². The van der Waals surface area contributed by atoms with Gasteiger partial charge in [-0.3, -0.25) is 9.59 Å². The lowest BCUT2D eigenvalue weighted by Crippen LogP contribution is -2.59. The van der Waals surface area contributed by atoms with Gasteiger partial charge in [-0.2, -0.15) is 13.2 Å². The maximum Gasteiger partial charge on any atom is 0.416 e. The number of hydrogen-bond acceptors (Lipinski definition) is 7. The first kappa shape index (κ1) is 27.6. The van der Waals surface area contributed by atoms with Crippen molar-refractivity contribution in [3.05, 3.63) is 58.7 Å². The predicted molar refractivity (Wildman–Crippen MR) is 121 cm³/mol. The third-order valence-electron chi connectivity index (χ3n) is 6.07. The quantitative estimate of drug-likeness (QED) is 0.330. The molecule has 5 unspecified atom stereocenters. The van der Waals surface area contributed by atoms with Crippen molar-refractivity contribution in [2.24, 2.45) is 0 Å². The summed E-state index contributed by atoms with van der Waals surface area (Å²) in [6, 6.07) is 7.43. The summed E-state index contributed by atoms with van der Waals surface area (Å²) in [5.41, 5.74) is -0.885. The van der Waals surface area contributed by atoms with Crippen LogP contribution in [0, 0.1) is 0 Å². The van der Waals surface area contributed by atoms with E-state index < -0.39 is 67.1 Å². The van der Waals surface area contributed by atoms with Crippen LogP contribution in [0.1, 0.15) is 31.8 Å². The Labute approximate surface area is 204 Å². The van der Waals surface area contributed by atoms with Crippen molar-refractivity contribution in [1.29, 1.82) is 0 Å². The third kappa shape index (κ3) is 5.68. The van der Waals surface area contributed by atoms with Crippen LogP contribution in [-0.2, 0) is 17.3 Å². The SMILES string of the molecule is CNC(=O)c1cc(C(=O)NC)cc(-c2ccc(CC3OC(CO)C(O)C(O)C3O)c(C(F)(F)F)c2)c1. The van der Waals surface area contributed by atoms with Gasteiger partial charge in [-0.15, -0.1) is 0 Å². The summed E-state index contributed by atoms with van der Waals surface area (Å²) in [4.78, 5) is 24.4. The molecule has 1 heterocycles. The molecule has 36 heavy (non-hydrogen) atoms. The van der Waals surface area contributed by atoms with E-state index in [1.165, 1.54) is 44.4 Å². The molecular weight excluding hydrogens is 485 g/mol. The number of alkyl halides is 3. The zero-order valence-electron chi connectivity index (χ0n) is 19.4. The first-order chi connectivity index (χ1) is 16.9. The van der Waals surface area contributed by atoms with Crippen LogP contribution in [0.2, 0.25) is 0 Å². The van der Waals surface area contributed by atoms with Gasteiger partial charge >= 0.3 is 6.18 Å². The van der Waals surface area contributed by atoms with Gasteiger partial charge in [0.2, 0.25) is 0 Å². The van der Waals surface area contributed by atoms with Gasteiger partial charge in [-0.1, -0.05) is 12.1 Å². The highest BCUT2D eigenvalue weighted by Crippen LogP contribution is 2.37.